The second-order valence-electron chi connectivity index (χ2n) is 5.34. The van der Waals surface area contributed by atoms with Crippen molar-refractivity contribution in [1.82, 2.24) is 5.32 Å². The van der Waals surface area contributed by atoms with Crippen molar-refractivity contribution in [3.8, 4) is 0 Å². The molecule has 84 valence electrons. The lowest BCUT2D eigenvalue weighted by molar-refractivity contribution is 0.491. The predicted octanol–water partition coefficient (Wildman–Crippen LogP) is 4.14. The van der Waals surface area contributed by atoms with Crippen molar-refractivity contribution in [2.24, 2.45) is 0 Å². The summed E-state index contributed by atoms with van der Waals surface area (Å²) in [6.45, 7) is 15.8. The first-order valence-corrected chi connectivity index (χ1v) is 7.01. The summed E-state index contributed by atoms with van der Waals surface area (Å²) in [5.41, 5.74) is 1.75. The fourth-order valence-electron chi connectivity index (χ4n) is 1.31. The maximum Gasteiger partial charge on any atom is 0.0283 e. The molecule has 0 aromatic heterocycles. The second-order valence-corrected chi connectivity index (χ2v) is 8.60. The lowest BCUT2D eigenvalue weighted by Crippen LogP contribution is -2.31. The van der Waals surface area contributed by atoms with Crippen LogP contribution in [0.5, 0.6) is 0 Å². The van der Waals surface area contributed by atoms with Crippen LogP contribution >= 0.6 is 7.92 Å². The lowest BCUT2D eigenvalue weighted by atomic mass is 10.1. The molecule has 0 aromatic rings. The van der Waals surface area contributed by atoms with Crippen LogP contribution in [0.15, 0.2) is 12.0 Å². The fraction of sp³-hybridized carbons (Fsp3) is 0.833. The van der Waals surface area contributed by atoms with Crippen LogP contribution in [0.1, 0.15) is 48.5 Å². The minimum absolute atomic E-state index is 0.0252. The summed E-state index contributed by atoms with van der Waals surface area (Å²) in [6, 6.07) is 0. The molecule has 0 aliphatic carbocycles. The van der Waals surface area contributed by atoms with Crippen LogP contribution in [0.2, 0.25) is 0 Å². The average Bonchev–Trinajstić information content (AvgIpc) is 1.94. The van der Waals surface area contributed by atoms with Gasteiger partial charge in [0, 0.05) is 5.54 Å². The smallest absolute Gasteiger partial charge is 0.0283 e. The van der Waals surface area contributed by atoms with Gasteiger partial charge in [0.05, 0.1) is 0 Å². The van der Waals surface area contributed by atoms with E-state index in [1.807, 2.05) is 0 Å². The van der Waals surface area contributed by atoms with Crippen LogP contribution in [-0.2, 0) is 0 Å². The average molecular weight is 215 g/mol. The van der Waals surface area contributed by atoms with Gasteiger partial charge in [-0.05, 0) is 44.1 Å². The molecule has 0 saturated heterocycles. The minimum Gasteiger partial charge on any atom is -0.386 e. The van der Waals surface area contributed by atoms with E-state index in [0.29, 0.717) is 0 Å². The third kappa shape index (κ3) is 6.43. The van der Waals surface area contributed by atoms with E-state index in [2.05, 4.69) is 65.8 Å². The van der Waals surface area contributed by atoms with Gasteiger partial charge in [-0.2, -0.15) is 0 Å². The maximum atomic E-state index is 3.40. The van der Waals surface area contributed by atoms with Gasteiger partial charge in [-0.15, -0.1) is 0 Å². The predicted molar refractivity (Wildman–Crippen MR) is 69.2 cm³/mol. The summed E-state index contributed by atoms with van der Waals surface area (Å²) in [5, 5.41) is 3.40. The normalized spacial score (nSPS) is 13.6. The van der Waals surface area contributed by atoms with E-state index in [0.717, 1.165) is 11.3 Å². The summed E-state index contributed by atoms with van der Waals surface area (Å²) >= 11 is 0. The summed E-state index contributed by atoms with van der Waals surface area (Å²) in [4.78, 5) is 0. The highest BCUT2D eigenvalue weighted by molar-refractivity contribution is 7.62. The molecule has 0 amide bonds. The lowest BCUT2D eigenvalue weighted by Gasteiger charge is -2.24. The van der Waals surface area contributed by atoms with Crippen LogP contribution < -0.4 is 5.32 Å². The third-order valence-electron chi connectivity index (χ3n) is 1.96. The van der Waals surface area contributed by atoms with Gasteiger partial charge >= 0.3 is 0 Å². The van der Waals surface area contributed by atoms with Crippen molar-refractivity contribution in [3.63, 3.8) is 0 Å². The van der Waals surface area contributed by atoms with E-state index in [4.69, 9.17) is 0 Å². The molecule has 0 aromatic carbocycles. The maximum absolute atomic E-state index is 3.40. The molecule has 0 heterocycles. The number of hydrogen-bond donors (Lipinski definition) is 1. The minimum atomic E-state index is 0.0252. The summed E-state index contributed by atoms with van der Waals surface area (Å²) < 4.78 is 0. The van der Waals surface area contributed by atoms with Gasteiger partial charge in [0.1, 0.15) is 0 Å². The first-order valence-electron chi connectivity index (χ1n) is 5.46. The Morgan fingerprint density at radius 3 is 1.71 bits per heavy atom. The summed E-state index contributed by atoms with van der Waals surface area (Å²) in [5.74, 6) is 2.37. The van der Waals surface area contributed by atoms with Crippen LogP contribution in [0.3, 0.4) is 0 Å². The van der Waals surface area contributed by atoms with Gasteiger partial charge in [0.15, 0.2) is 0 Å². The Morgan fingerprint density at radius 1 is 1.00 bits per heavy atom. The fourth-order valence-corrected chi connectivity index (χ4v) is 3.44. The van der Waals surface area contributed by atoms with Crippen LogP contribution in [-0.4, -0.2) is 16.9 Å². The molecule has 0 aliphatic rings. The highest BCUT2D eigenvalue weighted by Crippen LogP contribution is 2.46. The zero-order valence-electron chi connectivity index (χ0n) is 10.8. The Morgan fingerprint density at radius 2 is 1.43 bits per heavy atom. The van der Waals surface area contributed by atoms with Crippen LogP contribution in [0.4, 0.5) is 0 Å². The number of rotatable bonds is 4. The molecule has 2 heteroatoms. The SMILES string of the molecule is CC(C)P(/C=C/NC(C)(C)C)C(C)C. The molecule has 0 atom stereocenters. The summed E-state index contributed by atoms with van der Waals surface area (Å²) in [7, 11) is 0.0252. The second kappa shape index (κ2) is 5.75. The topological polar surface area (TPSA) is 12.0 Å². The first kappa shape index (κ1) is 14.0. The van der Waals surface area contributed by atoms with Crippen molar-refractivity contribution >= 4 is 7.92 Å². The molecule has 14 heavy (non-hydrogen) atoms. The molecule has 0 aliphatic heterocycles. The Bertz CT molecular complexity index is 169. The van der Waals surface area contributed by atoms with Crippen molar-refractivity contribution in [1.29, 1.82) is 0 Å². The van der Waals surface area contributed by atoms with Gasteiger partial charge in [0.25, 0.3) is 0 Å². The highest BCUT2D eigenvalue weighted by Gasteiger charge is 2.13. The Labute approximate surface area is 91.1 Å². The molecule has 0 radical (unpaired) electrons. The molecule has 0 spiro atoms. The number of nitrogens with one attached hydrogen (secondary N) is 1. The molecular formula is C12H26NP. The number of hydrogen-bond acceptors (Lipinski definition) is 1. The molecule has 0 bridgehead atoms. The van der Waals surface area contributed by atoms with Gasteiger partial charge < -0.3 is 5.32 Å². The van der Waals surface area contributed by atoms with Gasteiger partial charge in [-0.1, -0.05) is 35.6 Å². The zero-order valence-corrected chi connectivity index (χ0v) is 11.7. The molecule has 0 unspecified atom stereocenters. The van der Waals surface area contributed by atoms with Crippen molar-refractivity contribution < 1.29 is 0 Å². The molecule has 1 N–H and O–H groups in total. The van der Waals surface area contributed by atoms with E-state index in [1.165, 1.54) is 0 Å². The van der Waals surface area contributed by atoms with Crippen LogP contribution in [0, 0.1) is 0 Å². The Balaban J connectivity index is 4.17. The van der Waals surface area contributed by atoms with Crippen molar-refractivity contribution in [3.05, 3.63) is 12.0 Å². The van der Waals surface area contributed by atoms with E-state index < -0.39 is 0 Å². The largest absolute Gasteiger partial charge is 0.386 e. The standard InChI is InChI=1S/C12H26NP/c1-10(2)14(11(3)4)9-8-13-12(5,6)7/h8-11,13H,1-7H3/b9-8+. The monoisotopic (exact) mass is 215 g/mol. The Kier molecular flexibility index (Phi) is 5.74. The summed E-state index contributed by atoms with van der Waals surface area (Å²) in [6.07, 6.45) is 2.14. The van der Waals surface area contributed by atoms with E-state index in [9.17, 15) is 0 Å². The van der Waals surface area contributed by atoms with Gasteiger partial charge in [0.2, 0.25) is 0 Å². The van der Waals surface area contributed by atoms with Crippen molar-refractivity contribution in [2.45, 2.75) is 65.3 Å². The molecule has 0 fully saturated rings. The molecule has 0 saturated carbocycles. The molecule has 1 nitrogen and oxygen atoms in total. The highest BCUT2D eigenvalue weighted by atomic mass is 31.1. The molecule has 0 rings (SSSR count). The van der Waals surface area contributed by atoms with E-state index in [1.54, 1.807) is 0 Å². The first-order chi connectivity index (χ1) is 6.24. The quantitative estimate of drug-likeness (QED) is 0.695. The van der Waals surface area contributed by atoms with Gasteiger partial charge in [-0.3, -0.25) is 0 Å². The molecular weight excluding hydrogens is 189 g/mol. The zero-order chi connectivity index (χ0) is 11.4. The van der Waals surface area contributed by atoms with Gasteiger partial charge in [-0.25, -0.2) is 0 Å². The van der Waals surface area contributed by atoms with Crippen molar-refractivity contribution in [2.75, 3.05) is 0 Å². The van der Waals surface area contributed by atoms with Crippen LogP contribution in [0.25, 0.3) is 0 Å². The third-order valence-corrected chi connectivity index (χ3v) is 4.83. The van der Waals surface area contributed by atoms with E-state index >= 15 is 0 Å². The van der Waals surface area contributed by atoms with E-state index in [-0.39, 0.29) is 13.5 Å². The Hall–Kier alpha value is -0.0300.